The van der Waals surface area contributed by atoms with Crippen LogP contribution >= 0.6 is 0 Å². The average Bonchev–Trinajstić information content (AvgIpc) is 3.10. The zero-order valence-electron chi connectivity index (χ0n) is 21.2. The zero-order valence-corrected chi connectivity index (χ0v) is 21.2. The Morgan fingerprint density at radius 3 is 2.52 bits per heavy atom. The average molecular weight is 455 g/mol. The van der Waals surface area contributed by atoms with Crippen molar-refractivity contribution in [2.45, 2.75) is 92.4 Å². The Hall–Kier alpha value is -1.71. The number of carbonyl (C=O) groups is 3. The molecule has 0 heterocycles. The number of aliphatic carboxylic acids is 1. The molecule has 0 radical (unpaired) electrons. The predicted molar refractivity (Wildman–Crippen MR) is 130 cm³/mol. The van der Waals surface area contributed by atoms with Gasteiger partial charge in [0.15, 0.2) is 5.78 Å². The minimum absolute atomic E-state index is 0.00558. The lowest BCUT2D eigenvalue weighted by Crippen LogP contribution is -2.50. The maximum atomic E-state index is 13.8. The third-order valence-electron chi connectivity index (χ3n) is 10.7. The van der Waals surface area contributed by atoms with Gasteiger partial charge in [0.1, 0.15) is 5.78 Å². The van der Waals surface area contributed by atoms with Crippen LogP contribution < -0.4 is 0 Å². The molecule has 0 aromatic carbocycles. The van der Waals surface area contributed by atoms with Gasteiger partial charge >= 0.3 is 5.97 Å². The molecule has 182 valence electrons. The van der Waals surface area contributed by atoms with Crippen LogP contribution in [0.2, 0.25) is 0 Å². The molecule has 0 aromatic rings. The molecule has 2 fully saturated rings. The van der Waals surface area contributed by atoms with Crippen LogP contribution in [0.1, 0.15) is 92.4 Å². The summed E-state index contributed by atoms with van der Waals surface area (Å²) >= 11 is 0. The van der Waals surface area contributed by atoms with E-state index < -0.39 is 11.9 Å². The first-order chi connectivity index (χ1) is 15.4. The fourth-order valence-electron chi connectivity index (χ4n) is 8.56. The number of Topliss-reactive ketones (excluding diaryl/α,β-unsaturated/α-hetero) is 2. The van der Waals surface area contributed by atoms with Crippen LogP contribution in [0.25, 0.3) is 0 Å². The fraction of sp³-hybridized carbons (Fsp3) is 0.759. The van der Waals surface area contributed by atoms with Crippen molar-refractivity contribution in [3.63, 3.8) is 0 Å². The van der Waals surface area contributed by atoms with Crippen LogP contribution in [0.3, 0.4) is 0 Å². The van der Waals surface area contributed by atoms with E-state index in [4.69, 9.17) is 0 Å². The number of allylic oxidation sites excluding steroid dienone is 2. The maximum Gasteiger partial charge on any atom is 0.310 e. The normalized spacial score (nSPS) is 40.0. The number of carboxylic acids is 1. The van der Waals surface area contributed by atoms with Crippen LogP contribution in [0.15, 0.2) is 23.3 Å². The molecule has 0 aromatic heterocycles. The van der Waals surface area contributed by atoms with Crippen molar-refractivity contribution in [2.75, 3.05) is 0 Å². The van der Waals surface area contributed by atoms with E-state index in [1.807, 2.05) is 0 Å². The number of hydrogen-bond acceptors (Lipinski definition) is 3. The largest absolute Gasteiger partial charge is 0.481 e. The molecule has 0 bridgehead atoms. The van der Waals surface area contributed by atoms with Crippen molar-refractivity contribution < 1.29 is 19.5 Å². The SMILES string of the molecule is C=C(CCC(C)C1CCC2C3=C(C(=O)CC21C)C1(C)CCC(=O)C(C)C1CC3)C(C)C(=O)O. The minimum atomic E-state index is -0.805. The highest BCUT2D eigenvalue weighted by molar-refractivity contribution is 6.00. The predicted octanol–water partition coefficient (Wildman–Crippen LogP) is 6.40. The molecule has 1 N–H and O–H groups in total. The molecular formula is C29H42O4. The smallest absolute Gasteiger partial charge is 0.310 e. The van der Waals surface area contributed by atoms with Gasteiger partial charge in [-0.3, -0.25) is 14.4 Å². The summed E-state index contributed by atoms with van der Waals surface area (Å²) in [6.45, 7) is 14.7. The number of rotatable bonds is 6. The fourth-order valence-corrected chi connectivity index (χ4v) is 8.56. The van der Waals surface area contributed by atoms with Crippen LogP contribution in [0, 0.1) is 46.3 Å². The van der Waals surface area contributed by atoms with Gasteiger partial charge < -0.3 is 5.11 Å². The Bertz CT molecular complexity index is 913. The van der Waals surface area contributed by atoms with Crippen LogP contribution in [0.4, 0.5) is 0 Å². The van der Waals surface area contributed by atoms with Crippen molar-refractivity contribution in [3.8, 4) is 0 Å². The molecule has 4 aliphatic rings. The minimum Gasteiger partial charge on any atom is -0.481 e. The van der Waals surface area contributed by atoms with E-state index in [-0.39, 0.29) is 16.7 Å². The second kappa shape index (κ2) is 8.50. The van der Waals surface area contributed by atoms with E-state index in [1.54, 1.807) is 6.92 Å². The van der Waals surface area contributed by atoms with E-state index in [2.05, 4.69) is 34.3 Å². The van der Waals surface area contributed by atoms with Crippen molar-refractivity contribution in [1.29, 1.82) is 0 Å². The van der Waals surface area contributed by atoms with Gasteiger partial charge in [0.05, 0.1) is 5.92 Å². The maximum absolute atomic E-state index is 13.8. The Labute approximate surface area is 199 Å². The summed E-state index contributed by atoms with van der Waals surface area (Å²) in [6.07, 6.45) is 8.05. The summed E-state index contributed by atoms with van der Waals surface area (Å²) < 4.78 is 0. The summed E-state index contributed by atoms with van der Waals surface area (Å²) in [5.74, 6) is 1.18. The monoisotopic (exact) mass is 454 g/mol. The number of carbonyl (C=O) groups excluding carboxylic acids is 2. The van der Waals surface area contributed by atoms with E-state index in [1.165, 1.54) is 5.57 Å². The number of ketones is 2. The number of fused-ring (bicyclic) bond motifs is 4. The molecule has 0 aliphatic heterocycles. The van der Waals surface area contributed by atoms with Crippen LogP contribution in [-0.2, 0) is 14.4 Å². The zero-order chi connectivity index (χ0) is 24.3. The summed E-state index contributed by atoms with van der Waals surface area (Å²) in [4.78, 5) is 37.5. The third-order valence-corrected chi connectivity index (χ3v) is 10.7. The van der Waals surface area contributed by atoms with E-state index in [0.717, 1.165) is 56.1 Å². The Kier molecular flexibility index (Phi) is 6.29. The van der Waals surface area contributed by atoms with Gasteiger partial charge in [0, 0.05) is 24.3 Å². The summed E-state index contributed by atoms with van der Waals surface area (Å²) in [5, 5.41) is 9.28. The van der Waals surface area contributed by atoms with Gasteiger partial charge in [0.2, 0.25) is 0 Å². The van der Waals surface area contributed by atoms with E-state index in [0.29, 0.717) is 48.1 Å². The van der Waals surface area contributed by atoms with Crippen molar-refractivity contribution in [2.24, 2.45) is 46.3 Å². The molecule has 4 rings (SSSR count). The lowest BCUT2D eigenvalue weighted by atomic mass is 9.48. The summed E-state index contributed by atoms with van der Waals surface area (Å²) in [7, 11) is 0. The summed E-state index contributed by atoms with van der Waals surface area (Å²) in [5.41, 5.74) is 3.22. The quantitative estimate of drug-likeness (QED) is 0.472. The van der Waals surface area contributed by atoms with E-state index >= 15 is 0 Å². The topological polar surface area (TPSA) is 71.4 Å². The third kappa shape index (κ3) is 3.76. The van der Waals surface area contributed by atoms with Gasteiger partial charge in [-0.05, 0) is 86.4 Å². The molecule has 0 saturated heterocycles. The second-order valence-electron chi connectivity index (χ2n) is 12.3. The van der Waals surface area contributed by atoms with Gasteiger partial charge in [-0.15, -0.1) is 0 Å². The lowest BCUT2D eigenvalue weighted by Gasteiger charge is -2.54. The Morgan fingerprint density at radius 1 is 1.15 bits per heavy atom. The van der Waals surface area contributed by atoms with Crippen LogP contribution in [0.5, 0.6) is 0 Å². The first kappa shape index (κ1) is 24.4. The lowest BCUT2D eigenvalue weighted by molar-refractivity contribution is -0.140. The molecule has 0 spiro atoms. The molecule has 8 atom stereocenters. The Balaban J connectivity index is 1.56. The first-order valence-corrected chi connectivity index (χ1v) is 13.1. The molecule has 33 heavy (non-hydrogen) atoms. The van der Waals surface area contributed by atoms with Crippen molar-refractivity contribution in [3.05, 3.63) is 23.3 Å². The molecule has 4 heteroatoms. The van der Waals surface area contributed by atoms with Crippen LogP contribution in [-0.4, -0.2) is 22.6 Å². The second-order valence-corrected chi connectivity index (χ2v) is 12.3. The standard InChI is InChI=1S/C29H42O4/c1-16(18(3)27(32)33)7-8-17(2)21-11-12-23-20-9-10-22-19(4)24(30)13-14-28(22,5)26(20)25(31)15-29(21,23)6/h17-19,21-23H,1,7-15H2,2-6H3,(H,32,33). The number of carboxylic acid groups (broad SMARTS) is 1. The van der Waals surface area contributed by atoms with Gasteiger partial charge in [-0.25, -0.2) is 0 Å². The highest BCUT2D eigenvalue weighted by atomic mass is 16.4. The Morgan fingerprint density at radius 2 is 1.85 bits per heavy atom. The van der Waals surface area contributed by atoms with Crippen molar-refractivity contribution >= 4 is 17.5 Å². The van der Waals surface area contributed by atoms with E-state index in [9.17, 15) is 19.5 Å². The molecule has 2 saturated carbocycles. The van der Waals surface area contributed by atoms with Gasteiger partial charge in [-0.1, -0.05) is 45.4 Å². The molecule has 4 nitrogen and oxygen atoms in total. The summed E-state index contributed by atoms with van der Waals surface area (Å²) in [6, 6.07) is 0. The first-order valence-electron chi connectivity index (χ1n) is 13.1. The molecular weight excluding hydrogens is 412 g/mol. The highest BCUT2D eigenvalue weighted by Gasteiger charge is 2.59. The van der Waals surface area contributed by atoms with Crippen molar-refractivity contribution in [1.82, 2.24) is 0 Å². The highest BCUT2D eigenvalue weighted by Crippen LogP contribution is 2.65. The van der Waals surface area contributed by atoms with Gasteiger partial charge in [0.25, 0.3) is 0 Å². The molecule has 8 unspecified atom stereocenters. The molecule has 4 aliphatic carbocycles. The molecule has 0 amide bonds. The number of hydrogen-bond donors (Lipinski definition) is 1. The van der Waals surface area contributed by atoms with Gasteiger partial charge in [-0.2, -0.15) is 0 Å².